The first-order valence-corrected chi connectivity index (χ1v) is 21.1. The van der Waals surface area contributed by atoms with Gasteiger partial charge in [-0.25, -0.2) is 0 Å². The van der Waals surface area contributed by atoms with Gasteiger partial charge in [0.2, 0.25) is 0 Å². The van der Waals surface area contributed by atoms with Gasteiger partial charge in [0, 0.05) is 17.8 Å². The van der Waals surface area contributed by atoms with Crippen LogP contribution in [-0.2, 0) is 14.3 Å². The molecule has 3 heteroatoms. The van der Waals surface area contributed by atoms with Crippen LogP contribution >= 0.6 is 0 Å². The van der Waals surface area contributed by atoms with Crippen LogP contribution in [0.15, 0.2) is 23.8 Å². The van der Waals surface area contributed by atoms with Gasteiger partial charge in [0.25, 0.3) is 0 Å². The fourth-order valence-corrected chi connectivity index (χ4v) is 12.7. The molecule has 0 heterocycles. The average Bonchev–Trinajstić information content (AvgIpc) is 3.02. The molecule has 0 aliphatic heterocycles. The predicted octanol–water partition coefficient (Wildman–Crippen LogP) is 13.2. The van der Waals surface area contributed by atoms with Crippen molar-refractivity contribution in [2.24, 2.45) is 50.2 Å². The molecule has 278 valence electrons. The van der Waals surface area contributed by atoms with Crippen molar-refractivity contribution < 1.29 is 14.3 Å². The summed E-state index contributed by atoms with van der Waals surface area (Å²) in [5.74, 6) is 1.36. The number of unbranched alkanes of at least 4 members (excludes halogenated alkanes) is 9. The zero-order valence-corrected chi connectivity index (χ0v) is 33.6. The Balaban J connectivity index is 1.16. The maximum atomic E-state index is 14.6. The summed E-state index contributed by atoms with van der Waals surface area (Å²) in [7, 11) is 0. The molecule has 0 bridgehead atoms. The molecule has 5 aliphatic rings. The normalized spacial score (nSPS) is 39.4. The Bertz CT molecular complexity index is 1240. The first-order valence-electron chi connectivity index (χ1n) is 21.1. The van der Waals surface area contributed by atoms with E-state index < -0.39 is 0 Å². The van der Waals surface area contributed by atoms with E-state index in [1.54, 1.807) is 0 Å². The van der Waals surface area contributed by atoms with E-state index in [-0.39, 0.29) is 39.7 Å². The summed E-state index contributed by atoms with van der Waals surface area (Å²) in [6, 6.07) is 0. The number of hydrogen-bond acceptors (Lipinski definition) is 3. The molecule has 0 unspecified atom stereocenters. The molecule has 49 heavy (non-hydrogen) atoms. The number of ketones is 1. The first-order chi connectivity index (χ1) is 23.0. The topological polar surface area (TPSA) is 43.4 Å². The molecular formula is C46H76O3. The van der Waals surface area contributed by atoms with Gasteiger partial charge in [-0.05, 0) is 135 Å². The smallest absolute Gasteiger partial charge is 0.306 e. The van der Waals surface area contributed by atoms with E-state index in [2.05, 4.69) is 80.5 Å². The van der Waals surface area contributed by atoms with Gasteiger partial charge in [-0.3, -0.25) is 9.59 Å². The monoisotopic (exact) mass is 677 g/mol. The molecule has 0 aromatic carbocycles. The standard InChI is InChI=1S/C46H76O3/c1-10-11-12-13-14-15-16-17-18-19-20-21-22-23-39(48)49-38-25-26-44(7)37(42(38,4)5)24-27-46(9)40(44)36(47)32-34-35-33-41(2,3)28-29-43(35,6)30-31-45(34,46)8/h15-16,32,35,37-38,40H,10-14,17-31,33H2,1-9H3/b16-15-/t35-,37-,38-,40+,43+,44-,45+,46+/m0/s1. The summed E-state index contributed by atoms with van der Waals surface area (Å²) in [6.07, 6.45) is 31.3. The Morgan fingerprint density at radius 1 is 0.776 bits per heavy atom. The number of fused-ring (bicyclic) bond motifs is 7. The minimum atomic E-state index is -0.142. The van der Waals surface area contributed by atoms with Gasteiger partial charge < -0.3 is 4.74 Å². The zero-order valence-electron chi connectivity index (χ0n) is 33.6. The lowest BCUT2D eigenvalue weighted by Crippen LogP contribution is -2.66. The van der Waals surface area contributed by atoms with Gasteiger partial charge in [-0.2, -0.15) is 0 Å². The average molecular weight is 677 g/mol. The predicted molar refractivity (Wildman–Crippen MR) is 205 cm³/mol. The van der Waals surface area contributed by atoms with Crippen LogP contribution < -0.4 is 0 Å². The highest BCUT2D eigenvalue weighted by molar-refractivity contribution is 5.95. The second-order valence-electron chi connectivity index (χ2n) is 20.3. The molecular weight excluding hydrogens is 601 g/mol. The summed E-state index contributed by atoms with van der Waals surface area (Å²) in [5.41, 5.74) is 2.04. The Morgan fingerprint density at radius 2 is 1.41 bits per heavy atom. The lowest BCUT2D eigenvalue weighted by molar-refractivity contribution is -0.211. The second-order valence-corrected chi connectivity index (χ2v) is 20.3. The molecule has 5 rings (SSSR count). The first kappa shape index (κ1) is 38.8. The van der Waals surface area contributed by atoms with Gasteiger partial charge >= 0.3 is 5.97 Å². The number of carbonyl (C=O) groups excluding carboxylic acids is 2. The summed E-state index contributed by atoms with van der Waals surface area (Å²) >= 11 is 0. The lowest BCUT2D eigenvalue weighted by atomic mass is 9.33. The highest BCUT2D eigenvalue weighted by Gasteiger charge is 2.70. The Labute approximate surface area is 302 Å². The van der Waals surface area contributed by atoms with Crippen molar-refractivity contribution in [1.29, 1.82) is 0 Å². The van der Waals surface area contributed by atoms with Crippen LogP contribution in [0.1, 0.15) is 197 Å². The number of carbonyl (C=O) groups is 2. The van der Waals surface area contributed by atoms with Crippen LogP contribution in [0.3, 0.4) is 0 Å². The molecule has 4 saturated carbocycles. The minimum Gasteiger partial charge on any atom is -0.462 e. The Morgan fingerprint density at radius 3 is 2.10 bits per heavy atom. The third-order valence-corrected chi connectivity index (χ3v) is 16.2. The quantitative estimate of drug-likeness (QED) is 0.104. The van der Waals surface area contributed by atoms with Crippen molar-refractivity contribution in [3.05, 3.63) is 23.8 Å². The lowest BCUT2D eigenvalue weighted by Gasteiger charge is -2.70. The molecule has 8 atom stereocenters. The summed E-state index contributed by atoms with van der Waals surface area (Å²) < 4.78 is 6.35. The fourth-order valence-electron chi connectivity index (χ4n) is 12.7. The summed E-state index contributed by atoms with van der Waals surface area (Å²) in [4.78, 5) is 27.8. The van der Waals surface area contributed by atoms with Crippen LogP contribution in [0.25, 0.3) is 0 Å². The fraction of sp³-hybridized carbons (Fsp3) is 0.870. The number of esters is 1. The van der Waals surface area contributed by atoms with E-state index in [1.165, 1.54) is 95.5 Å². The molecule has 3 nitrogen and oxygen atoms in total. The maximum Gasteiger partial charge on any atom is 0.306 e. The largest absolute Gasteiger partial charge is 0.462 e. The molecule has 0 spiro atoms. The molecule has 0 amide bonds. The van der Waals surface area contributed by atoms with Crippen molar-refractivity contribution in [3.8, 4) is 0 Å². The van der Waals surface area contributed by atoms with Crippen molar-refractivity contribution in [2.75, 3.05) is 0 Å². The third kappa shape index (κ3) is 7.45. The molecule has 0 saturated heterocycles. The number of allylic oxidation sites excluding steroid dienone is 4. The Kier molecular flexibility index (Phi) is 11.8. The Hall–Kier alpha value is -1.38. The van der Waals surface area contributed by atoms with Gasteiger partial charge in [-0.15, -0.1) is 0 Å². The molecule has 4 fully saturated rings. The van der Waals surface area contributed by atoms with E-state index in [0.29, 0.717) is 34.9 Å². The summed E-state index contributed by atoms with van der Waals surface area (Å²) in [6.45, 7) is 21.9. The van der Waals surface area contributed by atoms with Crippen LogP contribution in [-0.4, -0.2) is 17.9 Å². The van der Waals surface area contributed by atoms with Crippen molar-refractivity contribution in [2.45, 2.75) is 203 Å². The molecule has 0 aromatic rings. The van der Waals surface area contributed by atoms with Crippen molar-refractivity contribution >= 4 is 11.8 Å². The highest BCUT2D eigenvalue weighted by Crippen LogP contribution is 2.75. The van der Waals surface area contributed by atoms with Gasteiger partial charge in [0.1, 0.15) is 6.10 Å². The van der Waals surface area contributed by atoms with Gasteiger partial charge in [-0.1, -0.05) is 119 Å². The third-order valence-electron chi connectivity index (χ3n) is 16.2. The molecule has 0 N–H and O–H groups in total. The van der Waals surface area contributed by atoms with Crippen LogP contribution in [0, 0.1) is 50.2 Å². The maximum absolute atomic E-state index is 14.6. The van der Waals surface area contributed by atoms with Gasteiger partial charge in [0.15, 0.2) is 5.78 Å². The molecule has 5 aliphatic carbocycles. The number of rotatable bonds is 14. The highest BCUT2D eigenvalue weighted by atomic mass is 16.5. The van der Waals surface area contributed by atoms with Gasteiger partial charge in [0.05, 0.1) is 0 Å². The molecule has 0 radical (unpaired) electrons. The van der Waals surface area contributed by atoms with E-state index in [9.17, 15) is 9.59 Å². The second kappa shape index (κ2) is 14.9. The SMILES string of the molecule is CCCCCC/C=C\CCCCCCCC(=O)O[C@H]1CC[C@]2(C)[C@H]3C(=O)C=C4[C@@H]5CC(C)(C)CC[C@]5(C)CC[C@@]4(C)[C@]3(C)CC[C@H]2C1(C)C. The minimum absolute atomic E-state index is 0.0113. The number of hydrogen-bond donors (Lipinski definition) is 0. The van der Waals surface area contributed by atoms with Crippen LogP contribution in [0.4, 0.5) is 0 Å². The van der Waals surface area contributed by atoms with Crippen molar-refractivity contribution in [3.63, 3.8) is 0 Å². The van der Waals surface area contributed by atoms with Crippen LogP contribution in [0.2, 0.25) is 0 Å². The van der Waals surface area contributed by atoms with E-state index in [1.807, 2.05) is 0 Å². The van der Waals surface area contributed by atoms with Crippen molar-refractivity contribution in [1.82, 2.24) is 0 Å². The van der Waals surface area contributed by atoms with Crippen LogP contribution in [0.5, 0.6) is 0 Å². The summed E-state index contributed by atoms with van der Waals surface area (Å²) in [5, 5.41) is 0. The van der Waals surface area contributed by atoms with E-state index >= 15 is 0 Å². The zero-order chi connectivity index (χ0) is 35.7. The molecule has 0 aromatic heterocycles. The van der Waals surface area contributed by atoms with E-state index in [4.69, 9.17) is 4.74 Å². The number of ether oxygens (including phenoxy) is 1. The van der Waals surface area contributed by atoms with E-state index in [0.717, 1.165) is 38.5 Å².